The van der Waals surface area contributed by atoms with Crippen molar-refractivity contribution in [2.45, 2.75) is 56.8 Å². The number of carbonyl (C=O) groups excluding carboxylic acids is 3. The molecule has 3 fully saturated rings. The molecule has 0 radical (unpaired) electrons. The molecule has 1 aromatic heterocycles. The molecule has 11 heteroatoms. The van der Waals surface area contributed by atoms with Gasteiger partial charge in [-0.25, -0.2) is 4.98 Å². The van der Waals surface area contributed by atoms with E-state index in [2.05, 4.69) is 20.9 Å². The number of aliphatic hydroxyl groups excluding tert-OH is 1. The standard InChI is InChI=1S/C32H33N7O4/c33-29(18-5-6-18)23(26-16-36-24-3-1-2-4-25(24)37-26)15-35-20-11-17(12-20)14-34-19-7-8-21-22(13-19)32(43)39(31(21)42)27-9-10-28(40)38-30(27)41/h1-4,7-8,13,15-18,20,27,31,33-35,42H,5-6,9-12,14H2,(H,38,40,41)/b23-15-,33-29?. The molecule has 2 saturated carbocycles. The van der Waals surface area contributed by atoms with Gasteiger partial charge in [0, 0.05) is 59.2 Å². The van der Waals surface area contributed by atoms with Crippen LogP contribution >= 0.6 is 0 Å². The van der Waals surface area contributed by atoms with Crippen molar-refractivity contribution >= 4 is 45.7 Å². The molecule has 43 heavy (non-hydrogen) atoms. The highest BCUT2D eigenvalue weighted by molar-refractivity contribution is 6.23. The fraction of sp³-hybridized carbons (Fsp3) is 0.375. The van der Waals surface area contributed by atoms with E-state index in [4.69, 9.17) is 10.4 Å². The van der Waals surface area contributed by atoms with Crippen LogP contribution < -0.4 is 16.0 Å². The van der Waals surface area contributed by atoms with Gasteiger partial charge in [0.05, 0.1) is 22.9 Å². The van der Waals surface area contributed by atoms with E-state index in [9.17, 15) is 19.5 Å². The fourth-order valence-corrected chi connectivity index (χ4v) is 6.21. The third-order valence-corrected chi connectivity index (χ3v) is 8.90. The second-order valence-electron chi connectivity index (χ2n) is 11.9. The lowest BCUT2D eigenvalue weighted by Crippen LogP contribution is -2.53. The molecule has 4 aliphatic rings. The van der Waals surface area contributed by atoms with Gasteiger partial charge in [0.15, 0.2) is 6.23 Å². The summed E-state index contributed by atoms with van der Waals surface area (Å²) in [6, 6.07) is 12.4. The van der Waals surface area contributed by atoms with Crippen LogP contribution in [0.4, 0.5) is 5.69 Å². The number of hydrogen-bond donors (Lipinski definition) is 5. The van der Waals surface area contributed by atoms with Gasteiger partial charge in [-0.05, 0) is 62.3 Å². The number of hydrogen-bond acceptors (Lipinski definition) is 9. The number of benzene rings is 2. The summed E-state index contributed by atoms with van der Waals surface area (Å²) in [6.45, 7) is 0.731. The van der Waals surface area contributed by atoms with E-state index in [0.717, 1.165) is 54.5 Å². The van der Waals surface area contributed by atoms with Crippen LogP contribution in [0.2, 0.25) is 0 Å². The Kier molecular flexibility index (Phi) is 6.89. The van der Waals surface area contributed by atoms with Crippen LogP contribution in [0.1, 0.15) is 66.4 Å². The van der Waals surface area contributed by atoms with Crippen molar-refractivity contribution < 1.29 is 19.5 Å². The average molecular weight is 580 g/mol. The number of aliphatic hydroxyl groups is 1. The third-order valence-electron chi connectivity index (χ3n) is 8.90. The lowest BCUT2D eigenvalue weighted by Gasteiger charge is -2.36. The lowest BCUT2D eigenvalue weighted by atomic mass is 9.80. The highest BCUT2D eigenvalue weighted by Gasteiger charge is 2.44. The number of piperidine rings is 1. The Balaban J connectivity index is 0.956. The Hall–Kier alpha value is -4.64. The van der Waals surface area contributed by atoms with E-state index < -0.39 is 24.1 Å². The molecule has 11 nitrogen and oxygen atoms in total. The summed E-state index contributed by atoms with van der Waals surface area (Å²) < 4.78 is 0. The zero-order valence-electron chi connectivity index (χ0n) is 23.5. The van der Waals surface area contributed by atoms with E-state index in [1.165, 1.54) is 4.90 Å². The van der Waals surface area contributed by atoms with Gasteiger partial charge in [0.1, 0.15) is 6.04 Å². The Bertz CT molecular complexity index is 1680. The van der Waals surface area contributed by atoms with Crippen LogP contribution in [0.25, 0.3) is 16.6 Å². The van der Waals surface area contributed by atoms with Crippen molar-refractivity contribution in [3.05, 3.63) is 71.7 Å². The predicted octanol–water partition coefficient (Wildman–Crippen LogP) is 3.13. The minimum atomic E-state index is -1.22. The minimum Gasteiger partial charge on any atom is -0.388 e. The molecule has 2 aromatic carbocycles. The Morgan fingerprint density at radius 1 is 1.09 bits per heavy atom. The van der Waals surface area contributed by atoms with E-state index in [-0.39, 0.29) is 24.7 Å². The summed E-state index contributed by atoms with van der Waals surface area (Å²) in [5.41, 5.74) is 5.38. The number of allylic oxidation sites excluding steroid dienone is 1. The summed E-state index contributed by atoms with van der Waals surface area (Å²) in [6.07, 6.45) is 6.80. The number of para-hydroxylation sites is 2. The van der Waals surface area contributed by atoms with Crippen LogP contribution in [-0.4, -0.2) is 62.0 Å². The molecule has 0 spiro atoms. The first-order valence-electron chi connectivity index (χ1n) is 14.8. The van der Waals surface area contributed by atoms with E-state index in [1.807, 2.05) is 36.5 Å². The molecule has 5 N–H and O–H groups in total. The summed E-state index contributed by atoms with van der Waals surface area (Å²) in [7, 11) is 0. The topological polar surface area (TPSA) is 160 Å². The van der Waals surface area contributed by atoms with Crippen molar-refractivity contribution in [3.63, 3.8) is 0 Å². The van der Waals surface area contributed by atoms with Crippen LogP contribution in [0.5, 0.6) is 0 Å². The molecule has 3 amide bonds. The SMILES string of the molecule is N=C(/C(=C\NC1CC(CNc2ccc3c(c2)C(=O)N(C2CCC(=O)NC2=O)C3O)C1)c1cnc2ccccc2n1)C1CC1. The maximum atomic E-state index is 13.2. The van der Waals surface area contributed by atoms with Gasteiger partial charge >= 0.3 is 0 Å². The lowest BCUT2D eigenvalue weighted by molar-refractivity contribution is -0.139. The van der Waals surface area contributed by atoms with Gasteiger partial charge in [-0.1, -0.05) is 18.2 Å². The second kappa shape index (κ2) is 10.9. The van der Waals surface area contributed by atoms with Crippen molar-refractivity contribution in [3.8, 4) is 0 Å². The Morgan fingerprint density at radius 3 is 2.65 bits per heavy atom. The number of carbonyl (C=O) groups is 3. The number of imide groups is 1. The summed E-state index contributed by atoms with van der Waals surface area (Å²) in [5, 5.41) is 28.7. The molecule has 2 unspecified atom stereocenters. The number of fused-ring (bicyclic) bond motifs is 2. The average Bonchev–Trinajstić information content (AvgIpc) is 3.81. The first-order chi connectivity index (χ1) is 20.9. The first-order valence-corrected chi connectivity index (χ1v) is 14.8. The Labute approximate surface area is 248 Å². The molecule has 3 aromatic rings. The van der Waals surface area contributed by atoms with Gasteiger partial charge in [0.25, 0.3) is 5.91 Å². The minimum absolute atomic E-state index is 0.130. The first kappa shape index (κ1) is 27.2. The zero-order valence-corrected chi connectivity index (χ0v) is 23.5. The van der Waals surface area contributed by atoms with Crippen molar-refractivity contribution in [1.29, 1.82) is 5.41 Å². The second-order valence-corrected chi connectivity index (χ2v) is 11.9. The molecule has 2 aliphatic carbocycles. The number of anilines is 1. The molecular formula is C32H33N7O4. The van der Waals surface area contributed by atoms with E-state index in [1.54, 1.807) is 18.3 Å². The molecule has 1 saturated heterocycles. The number of rotatable bonds is 9. The number of nitrogens with zero attached hydrogens (tertiary/aromatic N) is 3. The highest BCUT2D eigenvalue weighted by atomic mass is 16.3. The van der Waals surface area contributed by atoms with E-state index >= 15 is 0 Å². The highest BCUT2D eigenvalue weighted by Crippen LogP contribution is 2.38. The summed E-state index contributed by atoms with van der Waals surface area (Å²) >= 11 is 0. The number of nitrogens with one attached hydrogen (secondary N) is 4. The van der Waals surface area contributed by atoms with Crippen molar-refractivity contribution in [2.24, 2.45) is 11.8 Å². The van der Waals surface area contributed by atoms with Crippen LogP contribution in [0, 0.1) is 17.2 Å². The fourth-order valence-electron chi connectivity index (χ4n) is 6.21. The predicted molar refractivity (Wildman–Crippen MR) is 160 cm³/mol. The molecule has 2 aliphatic heterocycles. The maximum absolute atomic E-state index is 13.2. The van der Waals surface area contributed by atoms with E-state index in [0.29, 0.717) is 34.5 Å². The van der Waals surface area contributed by atoms with Crippen LogP contribution in [0.3, 0.4) is 0 Å². The molecular weight excluding hydrogens is 546 g/mol. The number of aromatic nitrogens is 2. The molecule has 0 bridgehead atoms. The summed E-state index contributed by atoms with van der Waals surface area (Å²) in [4.78, 5) is 47.5. The van der Waals surface area contributed by atoms with Crippen molar-refractivity contribution in [2.75, 3.05) is 11.9 Å². The molecule has 220 valence electrons. The normalized spacial score (nSPS) is 25.3. The Morgan fingerprint density at radius 2 is 1.88 bits per heavy atom. The largest absolute Gasteiger partial charge is 0.388 e. The van der Waals surface area contributed by atoms with Gasteiger partial charge < -0.3 is 21.1 Å². The molecule has 7 rings (SSSR count). The molecule has 3 heterocycles. The summed E-state index contributed by atoms with van der Waals surface area (Å²) in [5.74, 6) is -0.611. The van der Waals surface area contributed by atoms with Gasteiger partial charge in [0.2, 0.25) is 11.8 Å². The van der Waals surface area contributed by atoms with Crippen LogP contribution in [-0.2, 0) is 9.59 Å². The molecule has 2 atom stereocenters. The smallest absolute Gasteiger partial charge is 0.257 e. The maximum Gasteiger partial charge on any atom is 0.257 e. The van der Waals surface area contributed by atoms with Gasteiger partial charge in [-0.15, -0.1) is 0 Å². The van der Waals surface area contributed by atoms with Crippen molar-refractivity contribution in [1.82, 2.24) is 25.5 Å². The van der Waals surface area contributed by atoms with Crippen LogP contribution in [0.15, 0.2) is 54.9 Å². The number of amides is 3. The monoisotopic (exact) mass is 579 g/mol. The quantitative estimate of drug-likeness (QED) is 0.191. The zero-order chi connectivity index (χ0) is 29.7. The third kappa shape index (κ3) is 5.25. The van der Waals surface area contributed by atoms with Gasteiger partial charge in [-0.2, -0.15) is 0 Å². The van der Waals surface area contributed by atoms with Gasteiger partial charge in [-0.3, -0.25) is 29.6 Å².